The van der Waals surface area contributed by atoms with Crippen molar-refractivity contribution >= 4 is 11.8 Å². The number of allylic oxidation sites excluding steroid dienone is 5. The predicted molar refractivity (Wildman–Crippen MR) is 186 cm³/mol. The highest BCUT2D eigenvalue weighted by molar-refractivity contribution is 5.79. The molecule has 1 unspecified atom stereocenters. The minimum atomic E-state index is -0.509. The molecule has 4 aromatic rings. The van der Waals surface area contributed by atoms with E-state index in [9.17, 15) is 9.59 Å². The van der Waals surface area contributed by atoms with Gasteiger partial charge in [-0.3, -0.25) is 9.59 Å². The van der Waals surface area contributed by atoms with Crippen molar-refractivity contribution < 1.29 is 4.74 Å². The molecule has 0 bridgehead atoms. The normalized spacial score (nSPS) is 18.4. The average Bonchev–Trinajstić information content (AvgIpc) is 3.66. The molecule has 4 aromatic carbocycles. The van der Waals surface area contributed by atoms with Gasteiger partial charge in [-0.05, 0) is 67.4 Å². The van der Waals surface area contributed by atoms with Gasteiger partial charge in [-0.2, -0.15) is 0 Å². The fourth-order valence-corrected chi connectivity index (χ4v) is 7.02. The summed E-state index contributed by atoms with van der Waals surface area (Å²) in [6.45, 7) is 5.35. The largest absolute Gasteiger partial charge is 0.489 e. The fraction of sp³-hybridized carbons (Fsp3) is 0.317. The van der Waals surface area contributed by atoms with E-state index in [4.69, 9.17) is 4.74 Å². The molecule has 6 rings (SSSR count). The van der Waals surface area contributed by atoms with E-state index in [2.05, 4.69) is 116 Å². The lowest BCUT2D eigenvalue weighted by molar-refractivity contribution is 0.302. The van der Waals surface area contributed by atoms with E-state index in [1.807, 2.05) is 12.1 Å². The summed E-state index contributed by atoms with van der Waals surface area (Å²) >= 11 is 0. The lowest BCUT2D eigenvalue weighted by atomic mass is 9.70. The number of unbranched alkanes of at least 4 members (excludes halogenated alkanes) is 2. The first-order valence-corrected chi connectivity index (χ1v) is 16.5. The van der Waals surface area contributed by atoms with Crippen LogP contribution in [0.1, 0.15) is 73.3 Å². The van der Waals surface area contributed by atoms with Gasteiger partial charge in [0.25, 0.3) is 5.43 Å². The quantitative estimate of drug-likeness (QED) is 0.108. The van der Waals surface area contributed by atoms with Crippen LogP contribution in [0.5, 0.6) is 5.75 Å². The smallest absolute Gasteiger partial charge is 0.268 e. The van der Waals surface area contributed by atoms with Crippen molar-refractivity contribution in [3.8, 4) is 5.75 Å². The molecular formula is C41H43NO3. The van der Waals surface area contributed by atoms with Crippen LogP contribution in [0.2, 0.25) is 0 Å². The van der Waals surface area contributed by atoms with E-state index in [-0.39, 0.29) is 11.2 Å². The molecule has 4 heteroatoms. The highest BCUT2D eigenvalue weighted by Crippen LogP contribution is 2.54. The first-order chi connectivity index (χ1) is 22.0. The molecule has 1 atom stereocenters. The minimum absolute atomic E-state index is 0.223. The molecular weight excluding hydrogens is 554 g/mol. The van der Waals surface area contributed by atoms with Crippen molar-refractivity contribution in [2.75, 3.05) is 11.5 Å². The van der Waals surface area contributed by atoms with Gasteiger partial charge < -0.3 is 9.64 Å². The Kier molecular flexibility index (Phi) is 9.30. The minimum Gasteiger partial charge on any atom is -0.489 e. The van der Waals surface area contributed by atoms with E-state index >= 15 is 0 Å². The van der Waals surface area contributed by atoms with Crippen molar-refractivity contribution in [1.82, 2.24) is 0 Å². The number of rotatable bonds is 14. The molecule has 0 fully saturated rings. The molecule has 4 nitrogen and oxygen atoms in total. The summed E-state index contributed by atoms with van der Waals surface area (Å²) in [7, 11) is 0. The molecule has 1 heterocycles. The van der Waals surface area contributed by atoms with Crippen molar-refractivity contribution in [2.24, 2.45) is 5.92 Å². The molecule has 0 saturated carbocycles. The van der Waals surface area contributed by atoms with Crippen LogP contribution in [-0.4, -0.2) is 6.61 Å². The molecule has 0 amide bonds. The van der Waals surface area contributed by atoms with Gasteiger partial charge in [-0.1, -0.05) is 129 Å². The zero-order valence-corrected chi connectivity index (χ0v) is 26.5. The topological polar surface area (TPSA) is 46.6 Å². The van der Waals surface area contributed by atoms with Crippen molar-refractivity contribution in [1.29, 1.82) is 0 Å². The third kappa shape index (κ3) is 6.38. The average molecular weight is 598 g/mol. The van der Waals surface area contributed by atoms with E-state index in [0.717, 1.165) is 50.6 Å². The summed E-state index contributed by atoms with van der Waals surface area (Å²) < 4.78 is 5.95. The van der Waals surface area contributed by atoms with Crippen molar-refractivity contribution in [3.05, 3.63) is 157 Å². The van der Waals surface area contributed by atoms with Crippen LogP contribution in [0.15, 0.2) is 118 Å². The molecule has 230 valence electrons. The summed E-state index contributed by atoms with van der Waals surface area (Å²) in [6.07, 6.45) is 17.7. The summed E-state index contributed by atoms with van der Waals surface area (Å²) in [5.74, 6) is 0.727. The van der Waals surface area contributed by atoms with Crippen LogP contribution in [-0.2, 0) is 18.4 Å². The second-order valence-electron chi connectivity index (χ2n) is 12.6. The number of aryl methyl sites for hydroxylation is 1. The highest BCUT2D eigenvalue weighted by atomic mass is 16.5. The fourth-order valence-electron chi connectivity index (χ4n) is 7.02. The molecule has 45 heavy (non-hydrogen) atoms. The van der Waals surface area contributed by atoms with Gasteiger partial charge in [0.1, 0.15) is 0 Å². The Hall–Kier alpha value is -4.44. The zero-order chi connectivity index (χ0) is 31.2. The van der Waals surface area contributed by atoms with Crippen LogP contribution in [0, 0.1) is 12.8 Å². The Labute approximate surface area is 267 Å². The number of fused-ring (bicyclic) bond motifs is 1. The van der Waals surface area contributed by atoms with Crippen LogP contribution in [0.25, 0.3) is 6.08 Å². The summed E-state index contributed by atoms with van der Waals surface area (Å²) in [4.78, 5) is 28.4. The third-order valence-corrected chi connectivity index (χ3v) is 9.42. The molecule has 0 N–H and O–H groups in total. The van der Waals surface area contributed by atoms with Crippen molar-refractivity contribution in [2.45, 2.75) is 70.8 Å². The van der Waals surface area contributed by atoms with Gasteiger partial charge in [0.05, 0.1) is 12.2 Å². The Morgan fingerprint density at radius 3 is 2.27 bits per heavy atom. The number of hydrogen-bond donors (Lipinski definition) is 0. The second kappa shape index (κ2) is 13.7. The Bertz CT molecular complexity index is 1760. The Balaban J connectivity index is 1.50. The molecule has 0 radical (unpaired) electrons. The highest BCUT2D eigenvalue weighted by Gasteiger charge is 2.47. The van der Waals surface area contributed by atoms with Gasteiger partial charge in [-0.15, -0.1) is 0 Å². The number of ether oxygens (including phenoxy) is 1. The van der Waals surface area contributed by atoms with E-state index < -0.39 is 10.9 Å². The van der Waals surface area contributed by atoms with Gasteiger partial charge in [-0.25, -0.2) is 0 Å². The van der Waals surface area contributed by atoms with Crippen LogP contribution in [0.3, 0.4) is 0 Å². The van der Waals surface area contributed by atoms with Crippen molar-refractivity contribution in [3.63, 3.8) is 0 Å². The molecule has 2 aliphatic rings. The lowest BCUT2D eigenvalue weighted by Gasteiger charge is -2.35. The number of nitrogens with zero attached hydrogens (tertiary/aromatic N) is 1. The summed E-state index contributed by atoms with van der Waals surface area (Å²) in [5.41, 5.74) is 6.25. The third-order valence-electron chi connectivity index (χ3n) is 9.42. The molecule has 1 aliphatic heterocycles. The van der Waals surface area contributed by atoms with Gasteiger partial charge in [0.2, 0.25) is 5.43 Å². The molecule has 0 aromatic heterocycles. The Morgan fingerprint density at radius 2 is 1.56 bits per heavy atom. The predicted octanol–water partition coefficient (Wildman–Crippen LogP) is 8.61. The van der Waals surface area contributed by atoms with Gasteiger partial charge in [0, 0.05) is 23.3 Å². The standard InChI is InChI=1S/C41H43NO3/c1-3-4-25-45-40-34(38(43)39(40)44)27-37-41(28-32-18-7-5-8-19-32,24-14-13-17-31-15-11-12-16-31)35-26-30(2)22-23-36(35)42(37)29-33-20-9-6-10-21-33/h5-12,15-16,18-23,26-27,31H,3-4,13-14,17,24-25,28-29H2,1-2H3/b37-27+. The van der Waals surface area contributed by atoms with Gasteiger partial charge in [0.15, 0.2) is 5.75 Å². The second-order valence-corrected chi connectivity index (χ2v) is 12.6. The number of hydrogen-bond acceptors (Lipinski definition) is 4. The number of benzene rings is 3. The molecule has 0 saturated heterocycles. The van der Waals surface area contributed by atoms with E-state index in [0.29, 0.717) is 24.6 Å². The van der Waals surface area contributed by atoms with Crippen LogP contribution in [0.4, 0.5) is 5.69 Å². The SMILES string of the molecule is CCCCOc1c(/C=C2/N(Cc3ccccc3)c3ccc(C)cc3C2(CCCCC2C=CC=C2)Cc2ccccc2)c(=O)c1=O. The summed E-state index contributed by atoms with van der Waals surface area (Å²) in [6, 6.07) is 28.0. The molecule has 0 spiro atoms. The first kappa shape index (κ1) is 30.6. The maximum atomic E-state index is 13.2. The monoisotopic (exact) mass is 597 g/mol. The summed E-state index contributed by atoms with van der Waals surface area (Å²) in [5, 5.41) is 0. The maximum absolute atomic E-state index is 13.2. The van der Waals surface area contributed by atoms with Crippen LogP contribution < -0.4 is 20.5 Å². The lowest BCUT2D eigenvalue weighted by Crippen LogP contribution is -2.38. The zero-order valence-electron chi connectivity index (χ0n) is 26.5. The van der Waals surface area contributed by atoms with Crippen LogP contribution >= 0.6 is 0 Å². The Morgan fingerprint density at radius 1 is 0.844 bits per heavy atom. The number of anilines is 1. The van der Waals surface area contributed by atoms with E-state index in [1.165, 1.54) is 27.9 Å². The van der Waals surface area contributed by atoms with E-state index in [1.54, 1.807) is 0 Å². The first-order valence-electron chi connectivity index (χ1n) is 16.5. The molecule has 1 aliphatic carbocycles. The van der Waals surface area contributed by atoms with Gasteiger partial charge >= 0.3 is 0 Å². The maximum Gasteiger partial charge on any atom is 0.268 e.